The van der Waals surface area contributed by atoms with Crippen molar-refractivity contribution >= 4 is 23.8 Å². The van der Waals surface area contributed by atoms with Gasteiger partial charge in [-0.2, -0.15) is 0 Å². The number of nitrogens with zero attached hydrogens (tertiary/aromatic N) is 1. The summed E-state index contributed by atoms with van der Waals surface area (Å²) in [5.74, 6) is 0.262. The highest BCUT2D eigenvalue weighted by Crippen LogP contribution is 2.32. The molecule has 1 aliphatic heterocycles. The SMILES string of the molecule is CCCC1SCC(C(=O)O)N1C(=O)NCCCCC(C)C. The Morgan fingerprint density at radius 3 is 2.67 bits per heavy atom. The quantitative estimate of drug-likeness (QED) is 0.675. The number of amides is 2. The van der Waals surface area contributed by atoms with Crippen LogP contribution in [0.4, 0.5) is 4.79 Å². The summed E-state index contributed by atoms with van der Waals surface area (Å²) in [5, 5.41) is 12.1. The summed E-state index contributed by atoms with van der Waals surface area (Å²) in [6.07, 6.45) is 4.98. The van der Waals surface area contributed by atoms with Crippen LogP contribution < -0.4 is 5.32 Å². The van der Waals surface area contributed by atoms with Crippen LogP contribution in [0.5, 0.6) is 0 Å². The van der Waals surface area contributed by atoms with Crippen molar-refractivity contribution in [2.45, 2.75) is 64.3 Å². The number of carboxylic acid groups (broad SMARTS) is 1. The molecule has 0 aromatic rings. The zero-order valence-electron chi connectivity index (χ0n) is 13.3. The third-order valence-corrected chi connectivity index (χ3v) is 4.99. The number of carbonyl (C=O) groups excluding carboxylic acids is 1. The number of carboxylic acids is 1. The van der Waals surface area contributed by atoms with Gasteiger partial charge in [0.25, 0.3) is 0 Å². The maximum absolute atomic E-state index is 12.3. The van der Waals surface area contributed by atoms with E-state index in [1.807, 2.05) is 0 Å². The molecule has 21 heavy (non-hydrogen) atoms. The first-order chi connectivity index (χ1) is 9.97. The summed E-state index contributed by atoms with van der Waals surface area (Å²) < 4.78 is 0. The van der Waals surface area contributed by atoms with Gasteiger partial charge < -0.3 is 10.4 Å². The number of thioether (sulfide) groups is 1. The van der Waals surface area contributed by atoms with Crippen molar-refractivity contribution in [1.82, 2.24) is 10.2 Å². The lowest BCUT2D eigenvalue weighted by Crippen LogP contribution is -2.50. The second kappa shape index (κ2) is 9.18. The third kappa shape index (κ3) is 5.77. The molecule has 0 aromatic carbocycles. The number of urea groups is 1. The van der Waals surface area contributed by atoms with Gasteiger partial charge in [-0.15, -0.1) is 11.8 Å². The minimum Gasteiger partial charge on any atom is -0.480 e. The van der Waals surface area contributed by atoms with Crippen molar-refractivity contribution in [3.63, 3.8) is 0 Å². The van der Waals surface area contributed by atoms with E-state index in [9.17, 15) is 14.7 Å². The Morgan fingerprint density at radius 2 is 2.10 bits per heavy atom. The van der Waals surface area contributed by atoms with Crippen molar-refractivity contribution in [2.24, 2.45) is 5.92 Å². The Morgan fingerprint density at radius 1 is 1.38 bits per heavy atom. The second-order valence-corrected chi connectivity index (χ2v) is 7.17. The van der Waals surface area contributed by atoms with Crippen molar-refractivity contribution in [3.05, 3.63) is 0 Å². The van der Waals surface area contributed by atoms with E-state index in [0.717, 1.165) is 32.1 Å². The molecule has 0 saturated carbocycles. The average Bonchev–Trinajstić information content (AvgIpc) is 2.82. The second-order valence-electron chi connectivity index (χ2n) is 5.96. The smallest absolute Gasteiger partial charge is 0.327 e. The average molecular weight is 316 g/mol. The van der Waals surface area contributed by atoms with E-state index in [0.29, 0.717) is 18.2 Å². The molecule has 122 valence electrons. The number of unbranched alkanes of at least 4 members (excludes halogenated alkanes) is 1. The first kappa shape index (κ1) is 18.1. The van der Waals surface area contributed by atoms with Crippen LogP contribution in [0.2, 0.25) is 0 Å². The molecule has 1 heterocycles. The van der Waals surface area contributed by atoms with Crippen LogP contribution in [0.25, 0.3) is 0 Å². The Kier molecular flexibility index (Phi) is 7.93. The molecule has 1 rings (SSSR count). The number of rotatable bonds is 8. The van der Waals surface area contributed by atoms with E-state index in [4.69, 9.17) is 0 Å². The number of aliphatic carboxylic acids is 1. The van der Waals surface area contributed by atoms with E-state index in [1.165, 1.54) is 4.90 Å². The Balaban J connectivity index is 2.45. The molecule has 0 radical (unpaired) electrons. The minimum absolute atomic E-state index is 0.00763. The molecule has 0 spiro atoms. The molecule has 2 amide bonds. The molecule has 2 N–H and O–H groups in total. The van der Waals surface area contributed by atoms with Crippen LogP contribution in [-0.2, 0) is 4.79 Å². The fraction of sp³-hybridized carbons (Fsp3) is 0.867. The molecule has 0 aliphatic carbocycles. The normalized spacial score (nSPS) is 21.8. The third-order valence-electron chi connectivity index (χ3n) is 3.63. The first-order valence-electron chi connectivity index (χ1n) is 7.88. The van der Waals surface area contributed by atoms with Crippen LogP contribution in [0.15, 0.2) is 0 Å². The fourth-order valence-corrected chi connectivity index (χ4v) is 3.97. The molecule has 1 fully saturated rings. The Bertz CT molecular complexity index is 350. The van der Waals surface area contributed by atoms with E-state index in [1.54, 1.807) is 11.8 Å². The molecular weight excluding hydrogens is 288 g/mol. The summed E-state index contributed by atoms with van der Waals surface area (Å²) in [5.41, 5.74) is 0. The van der Waals surface area contributed by atoms with E-state index >= 15 is 0 Å². The predicted molar refractivity (Wildman–Crippen MR) is 86.5 cm³/mol. The zero-order valence-corrected chi connectivity index (χ0v) is 14.1. The van der Waals surface area contributed by atoms with Crippen LogP contribution in [0, 0.1) is 5.92 Å². The fourth-order valence-electron chi connectivity index (χ4n) is 2.46. The predicted octanol–water partition coefficient (Wildman–Crippen LogP) is 3.15. The maximum Gasteiger partial charge on any atom is 0.327 e. The van der Waals surface area contributed by atoms with Gasteiger partial charge in [-0.1, -0.05) is 40.0 Å². The van der Waals surface area contributed by atoms with Gasteiger partial charge in [0, 0.05) is 12.3 Å². The number of hydrogen-bond acceptors (Lipinski definition) is 3. The molecule has 6 heteroatoms. The lowest BCUT2D eigenvalue weighted by Gasteiger charge is -2.27. The summed E-state index contributed by atoms with van der Waals surface area (Å²) in [7, 11) is 0. The van der Waals surface area contributed by atoms with E-state index in [-0.39, 0.29) is 11.4 Å². The van der Waals surface area contributed by atoms with Gasteiger partial charge in [-0.05, 0) is 18.8 Å². The van der Waals surface area contributed by atoms with Crippen LogP contribution >= 0.6 is 11.8 Å². The number of hydrogen-bond donors (Lipinski definition) is 2. The molecule has 2 unspecified atom stereocenters. The molecule has 2 atom stereocenters. The monoisotopic (exact) mass is 316 g/mol. The van der Waals surface area contributed by atoms with Gasteiger partial charge in [0.05, 0.1) is 5.37 Å². The van der Waals surface area contributed by atoms with Crippen molar-refractivity contribution in [3.8, 4) is 0 Å². The molecular formula is C15H28N2O3S. The first-order valence-corrected chi connectivity index (χ1v) is 8.92. The highest BCUT2D eigenvalue weighted by atomic mass is 32.2. The van der Waals surface area contributed by atoms with Crippen molar-refractivity contribution in [2.75, 3.05) is 12.3 Å². The highest BCUT2D eigenvalue weighted by Gasteiger charge is 2.40. The minimum atomic E-state index is -0.906. The van der Waals surface area contributed by atoms with Crippen LogP contribution in [0.3, 0.4) is 0 Å². The topological polar surface area (TPSA) is 69.6 Å². The van der Waals surface area contributed by atoms with Gasteiger partial charge in [0.2, 0.25) is 0 Å². The van der Waals surface area contributed by atoms with Crippen LogP contribution in [0.1, 0.15) is 52.9 Å². The summed E-state index contributed by atoms with van der Waals surface area (Å²) >= 11 is 1.57. The molecule has 1 saturated heterocycles. The zero-order chi connectivity index (χ0) is 15.8. The van der Waals surface area contributed by atoms with Crippen LogP contribution in [-0.4, -0.2) is 45.7 Å². The number of nitrogens with one attached hydrogen (secondary N) is 1. The summed E-state index contributed by atoms with van der Waals surface area (Å²) in [6, 6.07) is -0.919. The highest BCUT2D eigenvalue weighted by molar-refractivity contribution is 8.00. The molecule has 5 nitrogen and oxygen atoms in total. The summed E-state index contributed by atoms with van der Waals surface area (Å²) in [4.78, 5) is 25.1. The lowest BCUT2D eigenvalue weighted by molar-refractivity contribution is -0.141. The van der Waals surface area contributed by atoms with Crippen molar-refractivity contribution < 1.29 is 14.7 Å². The van der Waals surface area contributed by atoms with E-state index < -0.39 is 12.0 Å². The summed E-state index contributed by atoms with van der Waals surface area (Å²) in [6.45, 7) is 7.05. The van der Waals surface area contributed by atoms with Gasteiger partial charge in [-0.3, -0.25) is 4.90 Å². The maximum atomic E-state index is 12.3. The molecule has 1 aliphatic rings. The molecule has 0 aromatic heterocycles. The van der Waals surface area contributed by atoms with Gasteiger partial charge >= 0.3 is 12.0 Å². The van der Waals surface area contributed by atoms with E-state index in [2.05, 4.69) is 26.1 Å². The van der Waals surface area contributed by atoms with Crippen molar-refractivity contribution in [1.29, 1.82) is 0 Å². The van der Waals surface area contributed by atoms with Gasteiger partial charge in [-0.25, -0.2) is 9.59 Å². The largest absolute Gasteiger partial charge is 0.480 e. The Labute approximate surface area is 131 Å². The Hall–Kier alpha value is -0.910. The standard InChI is InChI=1S/C15H28N2O3S/c1-4-7-13-17(12(10-21-13)14(18)19)15(20)16-9-6-5-8-11(2)3/h11-13H,4-10H2,1-3H3,(H,16,20)(H,18,19). The van der Waals surface area contributed by atoms with Gasteiger partial charge in [0.15, 0.2) is 0 Å². The van der Waals surface area contributed by atoms with Gasteiger partial charge in [0.1, 0.15) is 6.04 Å². The molecule has 0 bridgehead atoms. The number of carbonyl (C=O) groups is 2. The lowest BCUT2D eigenvalue weighted by atomic mass is 10.1.